The first-order valence-corrected chi connectivity index (χ1v) is 13.2. The fourth-order valence-corrected chi connectivity index (χ4v) is 6.13. The van der Waals surface area contributed by atoms with E-state index >= 15 is 0 Å². The van der Waals surface area contributed by atoms with Crippen molar-refractivity contribution < 1.29 is 26.9 Å². The molecule has 1 saturated heterocycles. The van der Waals surface area contributed by atoms with Crippen molar-refractivity contribution in [3.05, 3.63) is 23.6 Å². The highest BCUT2D eigenvalue weighted by Gasteiger charge is 2.38. The molecule has 1 amide bonds. The molecule has 1 aliphatic carbocycles. The van der Waals surface area contributed by atoms with Crippen LogP contribution in [0.15, 0.2) is 11.2 Å². The molecule has 2 atom stereocenters. The fraction of sp³-hybridized carbons (Fsp3) is 0.714. The Hall–Kier alpha value is -2.11. The van der Waals surface area contributed by atoms with Crippen LogP contribution in [0.4, 0.5) is 0 Å². The van der Waals surface area contributed by atoms with Gasteiger partial charge in [0.05, 0.1) is 43.0 Å². The van der Waals surface area contributed by atoms with Gasteiger partial charge in [-0.2, -0.15) is 0 Å². The topological polar surface area (TPSA) is 116 Å². The minimum Gasteiger partial charge on any atom is -0.455 e. The van der Waals surface area contributed by atoms with E-state index in [1.54, 1.807) is 4.90 Å². The number of nitrogens with zero attached hydrogens (tertiary/aromatic N) is 4. The smallest absolute Gasteiger partial charge is 0.436 e. The lowest BCUT2D eigenvalue weighted by atomic mass is 9.83. The number of aromatic nitrogens is 2. The van der Waals surface area contributed by atoms with Crippen LogP contribution in [-0.4, -0.2) is 75.0 Å². The molecule has 1 unspecified atom stereocenters. The van der Waals surface area contributed by atoms with Gasteiger partial charge >= 0.3 is 11.5 Å². The number of nitrogens with one attached hydrogen (secondary N) is 1. The van der Waals surface area contributed by atoms with Gasteiger partial charge in [0.1, 0.15) is 0 Å². The molecule has 1 saturated carbocycles. The average molecular weight is 465 g/mol. The minimum absolute atomic E-state index is 0.103. The van der Waals surface area contributed by atoms with Crippen molar-refractivity contribution in [1.82, 2.24) is 14.6 Å². The molecule has 2 bridgehead atoms. The summed E-state index contributed by atoms with van der Waals surface area (Å²) in [4.78, 5) is 23.9. The van der Waals surface area contributed by atoms with Crippen LogP contribution in [0, 0.1) is 6.21 Å². The molecular formula is C21H30N5O5S+. The molecule has 0 radical (unpaired) electrons. The average Bonchev–Trinajstić information content (AvgIpc) is 3.22. The molecule has 5 heterocycles. The summed E-state index contributed by atoms with van der Waals surface area (Å²) in [6, 6.07) is -0.732. The van der Waals surface area contributed by atoms with Gasteiger partial charge in [-0.15, -0.1) is 4.99 Å². The van der Waals surface area contributed by atoms with Crippen LogP contribution in [-0.2, 0) is 19.6 Å². The Labute approximate surface area is 187 Å². The Bertz CT molecular complexity index is 1120. The second-order valence-electron chi connectivity index (χ2n) is 9.12. The van der Waals surface area contributed by atoms with Crippen LogP contribution in [0.1, 0.15) is 50.0 Å². The van der Waals surface area contributed by atoms with Gasteiger partial charge in [-0.1, -0.05) is 0 Å². The third-order valence-corrected chi connectivity index (χ3v) is 7.61. The first-order chi connectivity index (χ1) is 15.4. The summed E-state index contributed by atoms with van der Waals surface area (Å²) in [6.07, 6.45) is 10.4. The lowest BCUT2D eigenvalue weighted by Crippen LogP contribution is -2.59. The van der Waals surface area contributed by atoms with Crippen LogP contribution in [0.25, 0.3) is 0 Å². The lowest BCUT2D eigenvalue weighted by Gasteiger charge is -2.41. The number of ether oxygens (including phenoxy) is 2. The normalized spacial score (nSPS) is 30.4. The second kappa shape index (κ2) is 8.68. The summed E-state index contributed by atoms with van der Waals surface area (Å²) in [5.74, 6) is 0.587. The third kappa shape index (κ3) is 4.51. The number of hydrogen-bond donors (Lipinski definition) is 1. The summed E-state index contributed by atoms with van der Waals surface area (Å²) >= 11 is 0. The van der Waals surface area contributed by atoms with E-state index < -0.39 is 10.0 Å². The minimum atomic E-state index is -3.41. The van der Waals surface area contributed by atoms with Crippen molar-refractivity contribution in [1.29, 1.82) is 0 Å². The van der Waals surface area contributed by atoms with Gasteiger partial charge in [0.2, 0.25) is 10.0 Å². The van der Waals surface area contributed by atoms with E-state index in [2.05, 4.69) is 14.7 Å². The Morgan fingerprint density at radius 3 is 2.81 bits per heavy atom. The van der Waals surface area contributed by atoms with Gasteiger partial charge in [0.25, 0.3) is 5.91 Å². The van der Waals surface area contributed by atoms with E-state index in [4.69, 9.17) is 9.47 Å². The fourth-order valence-electron chi connectivity index (χ4n) is 5.31. The summed E-state index contributed by atoms with van der Waals surface area (Å²) < 4.78 is 40.8. The van der Waals surface area contributed by atoms with Crippen molar-refractivity contribution in [3.63, 3.8) is 0 Å². The Kier molecular flexibility index (Phi) is 5.89. The standard InChI is InChI=1S/C21H30N5O5S/c1-32(28,29)24-17-3-2-9-26-18(17)12-30-15-6-4-14(5-7-15)16-11-25-10-8-22-21(25)23-20(16)31-13-19(26)27/h10-11,14-15,17-18,24H,2-9,12-13H2,1H3/q+1/t14?,15?,17-,18?/m0/s1. The van der Waals surface area contributed by atoms with Crippen LogP contribution < -0.4 is 19.3 Å². The molecule has 32 heavy (non-hydrogen) atoms. The maximum atomic E-state index is 13.2. The van der Waals surface area contributed by atoms with E-state index in [0.29, 0.717) is 50.0 Å². The van der Waals surface area contributed by atoms with E-state index in [0.717, 1.165) is 37.5 Å². The first kappa shape index (κ1) is 21.7. The summed E-state index contributed by atoms with van der Waals surface area (Å²) in [5, 5.41) is 0. The molecule has 1 aromatic rings. The molecule has 0 spiro atoms. The number of sulfonamides is 1. The van der Waals surface area contributed by atoms with Crippen molar-refractivity contribution in [2.45, 2.75) is 62.6 Å². The number of hydrogen-bond acceptors (Lipinski definition) is 7. The molecule has 2 fully saturated rings. The first-order valence-electron chi connectivity index (χ1n) is 11.4. The number of amides is 1. The number of rotatable bonds is 2. The number of carbonyl (C=O) groups excluding carboxylic acids is 1. The van der Waals surface area contributed by atoms with Crippen LogP contribution in [0.2, 0.25) is 0 Å². The van der Waals surface area contributed by atoms with Gasteiger partial charge in [-0.3, -0.25) is 4.79 Å². The van der Waals surface area contributed by atoms with Crippen molar-refractivity contribution >= 4 is 15.9 Å². The van der Waals surface area contributed by atoms with Crippen LogP contribution in [0.5, 0.6) is 5.88 Å². The maximum Gasteiger partial charge on any atom is 0.436 e. The zero-order valence-corrected chi connectivity index (χ0v) is 19.1. The Balaban J connectivity index is 1.47. The molecule has 0 aromatic carbocycles. The van der Waals surface area contributed by atoms with Gasteiger partial charge in [-0.05, 0) is 49.4 Å². The predicted molar refractivity (Wildman–Crippen MR) is 113 cm³/mol. The maximum absolute atomic E-state index is 13.2. The number of fused-ring (bicyclic) bond motifs is 6. The quantitative estimate of drug-likeness (QED) is 0.582. The molecular weight excluding hydrogens is 434 g/mol. The summed E-state index contributed by atoms with van der Waals surface area (Å²) in [7, 11) is -3.41. The molecule has 174 valence electrons. The molecule has 1 N–H and O–H groups in total. The number of carbonyl (C=O) groups is 1. The Morgan fingerprint density at radius 2 is 2.03 bits per heavy atom. The van der Waals surface area contributed by atoms with E-state index in [-0.39, 0.29) is 30.7 Å². The van der Waals surface area contributed by atoms with Crippen LogP contribution >= 0.6 is 0 Å². The molecule has 4 aliphatic heterocycles. The number of piperidine rings is 1. The van der Waals surface area contributed by atoms with Gasteiger partial charge in [0, 0.05) is 12.6 Å². The molecule has 11 heteroatoms. The molecule has 5 aliphatic rings. The van der Waals surface area contributed by atoms with Crippen LogP contribution in [0.3, 0.4) is 0 Å². The highest BCUT2D eigenvalue weighted by molar-refractivity contribution is 7.88. The lowest BCUT2D eigenvalue weighted by molar-refractivity contribution is -0.527. The monoisotopic (exact) mass is 464 g/mol. The third-order valence-electron chi connectivity index (χ3n) is 6.88. The van der Waals surface area contributed by atoms with E-state index in [1.165, 1.54) is 0 Å². The zero-order chi connectivity index (χ0) is 22.3. The molecule has 6 rings (SSSR count). The summed E-state index contributed by atoms with van der Waals surface area (Å²) in [6.45, 7) is 1.30. The molecule has 10 nitrogen and oxygen atoms in total. The van der Waals surface area contributed by atoms with Gasteiger partial charge in [0.15, 0.2) is 13.2 Å². The van der Waals surface area contributed by atoms with Crippen molar-refractivity contribution in [3.8, 4) is 5.88 Å². The van der Waals surface area contributed by atoms with Crippen molar-refractivity contribution in [2.75, 3.05) is 32.6 Å². The Morgan fingerprint density at radius 1 is 1.22 bits per heavy atom. The predicted octanol–water partition coefficient (Wildman–Crippen LogP) is -0.644. The van der Waals surface area contributed by atoms with E-state index in [9.17, 15) is 13.2 Å². The highest BCUT2D eigenvalue weighted by atomic mass is 32.2. The van der Waals surface area contributed by atoms with Crippen molar-refractivity contribution in [2.24, 2.45) is 4.99 Å². The largest absolute Gasteiger partial charge is 0.455 e. The summed E-state index contributed by atoms with van der Waals surface area (Å²) in [5.41, 5.74) is 1.60. The SMILES string of the molecule is CS(=O)(=O)N[C@H]1CCCN2C(=O)COc3nc4[n+](cc3C3CCC(CC3)OCC12)=CCN=4. The highest BCUT2D eigenvalue weighted by Crippen LogP contribution is 2.37. The zero-order valence-electron chi connectivity index (χ0n) is 18.3. The van der Waals surface area contributed by atoms with Gasteiger partial charge < -0.3 is 14.4 Å². The van der Waals surface area contributed by atoms with Gasteiger partial charge in [-0.25, -0.2) is 17.4 Å². The van der Waals surface area contributed by atoms with E-state index in [1.807, 2.05) is 16.7 Å². The molecule has 1 aromatic heterocycles. The second-order valence-corrected chi connectivity index (χ2v) is 10.9.